The van der Waals surface area contributed by atoms with E-state index in [0.29, 0.717) is 24.5 Å². The van der Waals surface area contributed by atoms with Crippen LogP contribution in [-0.2, 0) is 13.0 Å². The molecule has 0 bridgehead atoms. The van der Waals surface area contributed by atoms with E-state index in [1.165, 1.54) is 17.3 Å². The number of aromatic nitrogens is 2. The van der Waals surface area contributed by atoms with Crippen LogP contribution in [0.1, 0.15) is 30.0 Å². The third kappa shape index (κ3) is 6.86. The number of rotatable bonds is 10. The monoisotopic (exact) mass is 583 g/mol. The highest BCUT2D eigenvalue weighted by molar-refractivity contribution is 6.30. The first kappa shape index (κ1) is 28.1. The first-order valence-corrected chi connectivity index (χ1v) is 14.9. The van der Waals surface area contributed by atoms with Crippen LogP contribution in [0.4, 0.5) is 16.0 Å². The zero-order valence-electron chi connectivity index (χ0n) is 23.7. The minimum atomic E-state index is -0.324. The highest BCUT2D eigenvalue weighted by atomic mass is 35.5. The van der Waals surface area contributed by atoms with E-state index in [4.69, 9.17) is 16.3 Å². The molecule has 1 aliphatic heterocycles. The van der Waals surface area contributed by atoms with Crippen molar-refractivity contribution in [3.8, 4) is 5.75 Å². The second-order valence-corrected chi connectivity index (χ2v) is 11.2. The fourth-order valence-corrected chi connectivity index (χ4v) is 5.53. The van der Waals surface area contributed by atoms with Gasteiger partial charge in [0.1, 0.15) is 11.6 Å². The average Bonchev–Trinajstić information content (AvgIpc) is 3.42. The summed E-state index contributed by atoms with van der Waals surface area (Å²) in [5.41, 5.74) is 6.26. The zero-order valence-corrected chi connectivity index (χ0v) is 24.4. The van der Waals surface area contributed by atoms with Crippen LogP contribution in [0.5, 0.6) is 5.75 Å². The number of hydrogen-bond donors (Lipinski definition) is 2. The summed E-state index contributed by atoms with van der Waals surface area (Å²) in [4.78, 5) is 12.8. The Morgan fingerprint density at radius 2 is 1.67 bits per heavy atom. The smallest absolute Gasteiger partial charge is 0.204 e. The van der Waals surface area contributed by atoms with E-state index in [0.717, 1.165) is 59.9 Å². The molecular weight excluding hydrogens is 549 g/mol. The Bertz CT molecular complexity index is 1580. The molecule has 1 fully saturated rings. The van der Waals surface area contributed by atoms with Crippen molar-refractivity contribution in [2.75, 3.05) is 36.4 Å². The quantitative estimate of drug-likeness (QED) is 0.167. The Balaban J connectivity index is 1.07. The third-order valence-electron chi connectivity index (χ3n) is 7.74. The predicted octanol–water partition coefficient (Wildman–Crippen LogP) is 7.50. The molecule has 1 unspecified atom stereocenters. The number of imidazole rings is 1. The second kappa shape index (κ2) is 12.8. The largest absolute Gasteiger partial charge is 0.470 e. The molecule has 0 aliphatic carbocycles. The van der Waals surface area contributed by atoms with Crippen LogP contribution in [0, 0.1) is 5.82 Å². The van der Waals surface area contributed by atoms with Crippen molar-refractivity contribution < 1.29 is 9.13 Å². The molecule has 2 N–H and O–H groups in total. The molecule has 4 aromatic carbocycles. The summed E-state index contributed by atoms with van der Waals surface area (Å²) in [5.74, 6) is 1.03. The van der Waals surface area contributed by atoms with Crippen LogP contribution in [0.15, 0.2) is 91.0 Å². The van der Waals surface area contributed by atoms with Gasteiger partial charge in [0.05, 0.1) is 11.0 Å². The number of nitrogens with one attached hydrogen (secondary N) is 2. The molecule has 1 aromatic heterocycles. The number of piperazine rings is 1. The lowest BCUT2D eigenvalue weighted by atomic mass is 10.0. The van der Waals surface area contributed by atoms with E-state index in [2.05, 4.69) is 61.5 Å². The van der Waals surface area contributed by atoms with Gasteiger partial charge in [0, 0.05) is 61.8 Å². The Hall–Kier alpha value is -4.07. The van der Waals surface area contributed by atoms with Crippen LogP contribution in [-0.4, -0.2) is 47.3 Å². The summed E-state index contributed by atoms with van der Waals surface area (Å²) in [6, 6.07) is 29.3. The molecular formula is C34H35ClFN5O. The van der Waals surface area contributed by atoms with E-state index in [1.807, 2.05) is 43.3 Å². The molecule has 6 nitrogen and oxygen atoms in total. The normalized spacial score (nSPS) is 14.7. The number of benzene rings is 4. The third-order valence-corrected chi connectivity index (χ3v) is 7.99. The first-order valence-electron chi connectivity index (χ1n) is 14.5. The molecule has 1 atom stereocenters. The number of H-pyrrole nitrogens is 1. The number of hydrogen-bond acceptors (Lipinski definition) is 5. The number of nitrogens with zero attached hydrogens (tertiary/aromatic N) is 3. The molecule has 0 saturated carbocycles. The lowest BCUT2D eigenvalue weighted by molar-refractivity contribution is 0.222. The average molecular weight is 584 g/mol. The standard InChI is InChI=1S/C34H35ClFN5O/c1-2-33(39-34-37-30-5-3-4-6-31(30)38-34)42-32-16-13-28(36)22-26(32)21-24-9-14-29(15-10-24)41-19-17-40(18-20-41)23-25-7-11-27(35)12-8-25/h3-16,22,33H,2,17-21,23H2,1H3,(H2,37,38,39). The molecule has 8 heteroatoms. The summed E-state index contributed by atoms with van der Waals surface area (Å²) in [5, 5.41) is 4.11. The molecule has 0 spiro atoms. The van der Waals surface area contributed by atoms with Crippen LogP contribution < -0.4 is 15.0 Å². The number of fused-ring (bicyclic) bond motifs is 1. The van der Waals surface area contributed by atoms with E-state index in [-0.39, 0.29) is 12.0 Å². The Labute approximate surface area is 251 Å². The van der Waals surface area contributed by atoms with Gasteiger partial charge < -0.3 is 19.9 Å². The molecule has 216 valence electrons. The molecule has 2 heterocycles. The first-order chi connectivity index (χ1) is 20.5. The van der Waals surface area contributed by atoms with Gasteiger partial charge in [0.25, 0.3) is 0 Å². The summed E-state index contributed by atoms with van der Waals surface area (Å²) < 4.78 is 20.7. The number of anilines is 2. The van der Waals surface area contributed by atoms with Gasteiger partial charge in [-0.1, -0.05) is 54.9 Å². The lowest BCUT2D eigenvalue weighted by Gasteiger charge is -2.36. The number of halogens is 2. The minimum Gasteiger partial charge on any atom is -0.470 e. The minimum absolute atomic E-state index is 0.274. The SMILES string of the molecule is CCC(Nc1nc2ccccc2[nH]1)Oc1ccc(F)cc1Cc1ccc(N2CCN(Cc3ccc(Cl)cc3)CC2)cc1. The zero-order chi connectivity index (χ0) is 28.9. The molecule has 1 aliphatic rings. The van der Waals surface area contributed by atoms with Gasteiger partial charge in [-0.2, -0.15) is 0 Å². The maximum atomic E-state index is 14.3. The lowest BCUT2D eigenvalue weighted by Crippen LogP contribution is -2.45. The maximum absolute atomic E-state index is 14.3. The summed E-state index contributed by atoms with van der Waals surface area (Å²) in [7, 11) is 0. The van der Waals surface area contributed by atoms with Gasteiger partial charge in [-0.25, -0.2) is 9.37 Å². The highest BCUT2D eigenvalue weighted by Gasteiger charge is 2.18. The molecule has 0 radical (unpaired) electrons. The van der Waals surface area contributed by atoms with Crippen LogP contribution in [0.25, 0.3) is 11.0 Å². The second-order valence-electron chi connectivity index (χ2n) is 10.7. The fraction of sp³-hybridized carbons (Fsp3) is 0.265. The van der Waals surface area contributed by atoms with E-state index >= 15 is 0 Å². The van der Waals surface area contributed by atoms with Crippen LogP contribution in [0.2, 0.25) is 5.02 Å². The van der Waals surface area contributed by atoms with Gasteiger partial charge in [-0.15, -0.1) is 0 Å². The fourth-order valence-electron chi connectivity index (χ4n) is 5.40. The van der Waals surface area contributed by atoms with Crippen molar-refractivity contribution >= 4 is 34.3 Å². The molecule has 1 saturated heterocycles. The van der Waals surface area contributed by atoms with Crippen molar-refractivity contribution in [3.05, 3.63) is 119 Å². The molecule has 0 amide bonds. The van der Waals surface area contributed by atoms with Crippen molar-refractivity contribution in [1.82, 2.24) is 14.9 Å². The summed E-state index contributed by atoms with van der Waals surface area (Å²) in [6.07, 6.45) is 0.953. The Kier molecular flexibility index (Phi) is 8.58. The number of ether oxygens (including phenoxy) is 1. The summed E-state index contributed by atoms with van der Waals surface area (Å²) in [6.45, 7) is 6.95. The van der Waals surface area contributed by atoms with Crippen molar-refractivity contribution in [2.24, 2.45) is 0 Å². The highest BCUT2D eigenvalue weighted by Crippen LogP contribution is 2.27. The van der Waals surface area contributed by atoms with Crippen molar-refractivity contribution in [2.45, 2.75) is 32.5 Å². The van der Waals surface area contributed by atoms with E-state index < -0.39 is 0 Å². The van der Waals surface area contributed by atoms with Crippen LogP contribution >= 0.6 is 11.6 Å². The molecule has 6 rings (SSSR count). The molecule has 5 aromatic rings. The van der Waals surface area contributed by atoms with E-state index in [9.17, 15) is 4.39 Å². The van der Waals surface area contributed by atoms with Gasteiger partial charge in [-0.3, -0.25) is 4.90 Å². The van der Waals surface area contributed by atoms with Gasteiger partial charge in [-0.05, 0) is 65.7 Å². The number of para-hydroxylation sites is 2. The van der Waals surface area contributed by atoms with Gasteiger partial charge in [0.2, 0.25) is 5.95 Å². The Morgan fingerprint density at radius 3 is 2.40 bits per heavy atom. The van der Waals surface area contributed by atoms with Gasteiger partial charge >= 0.3 is 0 Å². The number of aromatic amines is 1. The topological polar surface area (TPSA) is 56.4 Å². The van der Waals surface area contributed by atoms with Crippen LogP contribution in [0.3, 0.4) is 0 Å². The molecule has 42 heavy (non-hydrogen) atoms. The van der Waals surface area contributed by atoms with Gasteiger partial charge in [0.15, 0.2) is 6.23 Å². The van der Waals surface area contributed by atoms with Crippen molar-refractivity contribution in [1.29, 1.82) is 0 Å². The predicted molar refractivity (Wildman–Crippen MR) is 169 cm³/mol. The van der Waals surface area contributed by atoms with Crippen molar-refractivity contribution in [3.63, 3.8) is 0 Å². The van der Waals surface area contributed by atoms with E-state index in [1.54, 1.807) is 12.1 Å². The Morgan fingerprint density at radius 1 is 0.929 bits per heavy atom. The maximum Gasteiger partial charge on any atom is 0.204 e. The summed E-state index contributed by atoms with van der Waals surface area (Å²) >= 11 is 6.03.